The van der Waals surface area contributed by atoms with E-state index < -0.39 is 28.8 Å². The molecule has 0 heterocycles. The molecule has 0 unspecified atom stereocenters. The number of hydrogen-bond acceptors (Lipinski definition) is 4. The molecule has 5 heteroatoms. The van der Waals surface area contributed by atoms with E-state index in [0.717, 1.165) is 12.1 Å². The van der Waals surface area contributed by atoms with Crippen LogP contribution in [0.2, 0.25) is 0 Å². The van der Waals surface area contributed by atoms with Crippen LogP contribution in [0, 0.1) is 0 Å². The lowest BCUT2D eigenvalue weighted by Gasteiger charge is -2.11. The number of carbonyl (C=O) groups is 1. The molecule has 0 aromatic heterocycles. The third-order valence-electron chi connectivity index (χ3n) is 1.28. The Hall–Kier alpha value is -1.91. The van der Waals surface area contributed by atoms with Gasteiger partial charge < -0.3 is 20.4 Å². The second-order valence-corrected chi connectivity index (χ2v) is 2.14. The number of benzene rings is 1. The molecule has 1 rings (SSSR count). The third kappa shape index (κ3) is 1.24. The third-order valence-corrected chi connectivity index (χ3v) is 1.28. The first-order valence-corrected chi connectivity index (χ1v) is 2.98. The second kappa shape index (κ2) is 2.61. The Morgan fingerprint density at radius 1 is 1.33 bits per heavy atom. The Kier molecular flexibility index (Phi) is 1.78. The number of aromatic carboxylic acids is 1. The largest absolute Gasteiger partial charge is 0.872 e. The summed E-state index contributed by atoms with van der Waals surface area (Å²) in [5, 5.41) is 36.8. The molecule has 1 aromatic rings. The average molecular weight is 169 g/mol. The van der Waals surface area contributed by atoms with Gasteiger partial charge in [-0.2, -0.15) is 0 Å². The molecule has 0 radical (unpaired) electrons. The molecule has 5 nitrogen and oxygen atoms in total. The van der Waals surface area contributed by atoms with Crippen molar-refractivity contribution in [3.05, 3.63) is 17.7 Å². The monoisotopic (exact) mass is 169 g/mol. The van der Waals surface area contributed by atoms with Crippen molar-refractivity contribution < 1.29 is 25.2 Å². The Bertz CT molecular complexity index is 308. The van der Waals surface area contributed by atoms with E-state index in [1.165, 1.54) is 0 Å². The molecular formula is C7H5O5-. The lowest BCUT2D eigenvalue weighted by atomic mass is 10.1. The molecule has 0 spiro atoms. The zero-order valence-corrected chi connectivity index (χ0v) is 5.81. The highest BCUT2D eigenvalue weighted by atomic mass is 16.4. The van der Waals surface area contributed by atoms with Gasteiger partial charge in [0.15, 0.2) is 0 Å². The van der Waals surface area contributed by atoms with Gasteiger partial charge in [0, 0.05) is 6.07 Å². The van der Waals surface area contributed by atoms with Crippen molar-refractivity contribution in [2.45, 2.75) is 0 Å². The summed E-state index contributed by atoms with van der Waals surface area (Å²) in [5.41, 5.74) is -0.729. The van der Waals surface area contributed by atoms with Crippen molar-refractivity contribution in [1.29, 1.82) is 0 Å². The fraction of sp³-hybridized carbons (Fsp3) is 0. The minimum absolute atomic E-state index is 0.456. The van der Waals surface area contributed by atoms with Crippen LogP contribution in [0.15, 0.2) is 12.1 Å². The normalized spacial score (nSPS) is 9.67. The maximum absolute atomic E-state index is 10.8. The maximum Gasteiger partial charge on any atom is 0.338 e. The second-order valence-electron chi connectivity index (χ2n) is 2.14. The van der Waals surface area contributed by atoms with Crippen LogP contribution < -0.4 is 5.11 Å². The molecule has 0 saturated carbocycles. The molecular weight excluding hydrogens is 164 g/mol. The zero-order chi connectivity index (χ0) is 9.30. The highest BCUT2D eigenvalue weighted by Gasteiger charge is 2.10. The molecule has 3 N–H and O–H groups in total. The molecule has 0 fully saturated rings. The van der Waals surface area contributed by atoms with Gasteiger partial charge in [-0.05, 0) is 6.07 Å². The van der Waals surface area contributed by atoms with Crippen LogP contribution >= 0.6 is 0 Å². The van der Waals surface area contributed by atoms with Gasteiger partial charge in [-0.1, -0.05) is 5.75 Å². The number of rotatable bonds is 1. The van der Waals surface area contributed by atoms with E-state index in [0.29, 0.717) is 0 Å². The summed E-state index contributed by atoms with van der Waals surface area (Å²) in [5.74, 6) is -3.62. The summed E-state index contributed by atoms with van der Waals surface area (Å²) in [6, 6.07) is 1.52. The summed E-state index contributed by atoms with van der Waals surface area (Å²) in [7, 11) is 0. The molecule has 0 saturated heterocycles. The van der Waals surface area contributed by atoms with E-state index in [1.54, 1.807) is 0 Å². The molecule has 0 amide bonds. The predicted octanol–water partition coefficient (Wildman–Crippen LogP) is -0.130. The van der Waals surface area contributed by atoms with Gasteiger partial charge in [-0.3, -0.25) is 0 Å². The van der Waals surface area contributed by atoms with Crippen molar-refractivity contribution in [3.63, 3.8) is 0 Å². The summed E-state index contributed by atoms with van der Waals surface area (Å²) >= 11 is 0. The molecule has 0 atom stereocenters. The molecule has 0 aliphatic carbocycles. The van der Waals surface area contributed by atoms with E-state index in [9.17, 15) is 9.90 Å². The maximum atomic E-state index is 10.8. The number of carboxylic acid groups (broad SMARTS) is 1. The van der Waals surface area contributed by atoms with Gasteiger partial charge in [0.25, 0.3) is 0 Å². The van der Waals surface area contributed by atoms with Crippen LogP contribution in [0.25, 0.3) is 0 Å². The molecule has 1 aromatic carbocycles. The van der Waals surface area contributed by atoms with Crippen molar-refractivity contribution >= 4 is 5.97 Å². The Morgan fingerprint density at radius 2 is 1.92 bits per heavy atom. The minimum atomic E-state index is -1.52. The lowest BCUT2D eigenvalue weighted by Crippen LogP contribution is -2.03. The van der Waals surface area contributed by atoms with Gasteiger partial charge >= 0.3 is 5.97 Å². The molecule has 0 bridgehead atoms. The van der Waals surface area contributed by atoms with Gasteiger partial charge in [0.1, 0.15) is 11.5 Å². The van der Waals surface area contributed by atoms with E-state index in [2.05, 4.69) is 0 Å². The van der Waals surface area contributed by atoms with E-state index in [4.69, 9.17) is 15.3 Å². The smallest absolute Gasteiger partial charge is 0.338 e. The van der Waals surface area contributed by atoms with Crippen LogP contribution in [-0.4, -0.2) is 21.3 Å². The number of hydrogen-bond donors (Lipinski definition) is 3. The van der Waals surface area contributed by atoms with Crippen LogP contribution in [-0.2, 0) is 0 Å². The molecule has 64 valence electrons. The number of carboxylic acids is 1. The quantitative estimate of drug-likeness (QED) is 0.543. The lowest BCUT2D eigenvalue weighted by molar-refractivity contribution is -0.269. The van der Waals surface area contributed by atoms with Gasteiger partial charge in [0.2, 0.25) is 0 Å². The van der Waals surface area contributed by atoms with Crippen molar-refractivity contribution in [3.8, 4) is 17.2 Å². The highest BCUT2D eigenvalue weighted by Crippen LogP contribution is 2.29. The van der Waals surface area contributed by atoms with Crippen molar-refractivity contribution in [1.82, 2.24) is 0 Å². The Morgan fingerprint density at radius 3 is 2.33 bits per heavy atom. The van der Waals surface area contributed by atoms with Gasteiger partial charge in [-0.25, -0.2) is 4.79 Å². The van der Waals surface area contributed by atoms with Crippen molar-refractivity contribution in [2.24, 2.45) is 0 Å². The van der Waals surface area contributed by atoms with Crippen LogP contribution in [0.1, 0.15) is 10.4 Å². The number of aromatic hydroxyl groups is 2. The summed E-state index contributed by atoms with van der Waals surface area (Å²) in [4.78, 5) is 10.3. The Balaban J connectivity index is 3.38. The van der Waals surface area contributed by atoms with E-state index in [1.807, 2.05) is 0 Å². The first kappa shape index (κ1) is 8.19. The van der Waals surface area contributed by atoms with Crippen LogP contribution in [0.4, 0.5) is 0 Å². The fourth-order valence-electron chi connectivity index (χ4n) is 0.802. The standard InChI is InChI=1S/C7H6O5/c8-3-1-4(9)6(7(11)12)5(10)2-3/h1-2,8-10H,(H,11,12)/p-1. The summed E-state index contributed by atoms with van der Waals surface area (Å²) in [6.45, 7) is 0. The average Bonchev–Trinajstić information content (AvgIpc) is 1.82. The van der Waals surface area contributed by atoms with Crippen molar-refractivity contribution in [2.75, 3.05) is 0 Å². The predicted molar refractivity (Wildman–Crippen MR) is 36.2 cm³/mol. The first-order valence-electron chi connectivity index (χ1n) is 2.98. The van der Waals surface area contributed by atoms with Crippen LogP contribution in [0.3, 0.4) is 0 Å². The highest BCUT2D eigenvalue weighted by molar-refractivity contribution is 5.94. The van der Waals surface area contributed by atoms with E-state index in [-0.39, 0.29) is 0 Å². The van der Waals surface area contributed by atoms with E-state index >= 15 is 0 Å². The fourth-order valence-corrected chi connectivity index (χ4v) is 0.802. The zero-order valence-electron chi connectivity index (χ0n) is 5.81. The summed E-state index contributed by atoms with van der Waals surface area (Å²) in [6.07, 6.45) is 0. The summed E-state index contributed by atoms with van der Waals surface area (Å²) < 4.78 is 0. The van der Waals surface area contributed by atoms with Crippen LogP contribution in [0.5, 0.6) is 17.2 Å². The number of phenolic OH excluding ortho intramolecular Hbond substituents is 1. The topological polar surface area (TPSA) is 101 Å². The Labute approximate surface area is 67.1 Å². The molecule has 12 heavy (non-hydrogen) atoms. The van der Waals surface area contributed by atoms with Gasteiger partial charge in [0.05, 0.1) is 5.56 Å². The van der Waals surface area contributed by atoms with Gasteiger partial charge in [-0.15, -0.1) is 0 Å². The first-order chi connectivity index (χ1) is 5.52. The SMILES string of the molecule is O=C(O)c1c([O-])cc(O)cc1O. The number of phenols is 2. The molecule has 0 aliphatic rings. The molecule has 0 aliphatic heterocycles. The minimum Gasteiger partial charge on any atom is -0.872 e.